The van der Waals surface area contributed by atoms with Crippen molar-refractivity contribution in [3.63, 3.8) is 0 Å². The lowest BCUT2D eigenvalue weighted by Gasteiger charge is -2.35. The van der Waals surface area contributed by atoms with Crippen molar-refractivity contribution in [1.29, 1.82) is 0 Å². The largest absolute Gasteiger partial charge is 0.381 e. The van der Waals surface area contributed by atoms with E-state index in [4.69, 9.17) is 16.3 Å². The summed E-state index contributed by atoms with van der Waals surface area (Å²) in [5, 5.41) is 1.33. The minimum absolute atomic E-state index is 0.118. The Morgan fingerprint density at radius 2 is 2.06 bits per heavy atom. The van der Waals surface area contributed by atoms with E-state index in [1.165, 1.54) is 6.07 Å². The van der Waals surface area contributed by atoms with Gasteiger partial charge in [0.2, 0.25) is 0 Å². The van der Waals surface area contributed by atoms with Gasteiger partial charge in [-0.2, -0.15) is 0 Å². The summed E-state index contributed by atoms with van der Waals surface area (Å²) in [6.45, 7) is 1.53. The molecule has 0 radical (unpaired) electrons. The van der Waals surface area contributed by atoms with Gasteiger partial charge in [0.15, 0.2) is 0 Å². The lowest BCUT2D eigenvalue weighted by molar-refractivity contribution is 0.0266. The van der Waals surface area contributed by atoms with Crippen LogP contribution in [0.25, 0.3) is 0 Å². The van der Waals surface area contributed by atoms with Crippen molar-refractivity contribution in [3.8, 4) is 0 Å². The van der Waals surface area contributed by atoms with E-state index < -0.39 is 0 Å². The molecule has 94 valence electrons. The molecule has 1 aliphatic rings. The molecule has 0 saturated carbocycles. The van der Waals surface area contributed by atoms with Crippen LogP contribution in [-0.4, -0.2) is 18.5 Å². The molecule has 0 spiro atoms. The zero-order valence-corrected chi connectivity index (χ0v) is 11.9. The normalized spacial score (nSPS) is 19.2. The van der Waals surface area contributed by atoms with Gasteiger partial charge in [-0.05, 0) is 42.4 Å². The average molecular weight is 322 g/mol. The molecule has 1 aliphatic heterocycles. The number of alkyl halides is 1. The molecular formula is C13H15BrClFO. The van der Waals surface area contributed by atoms with E-state index in [-0.39, 0.29) is 11.2 Å². The van der Waals surface area contributed by atoms with Crippen LogP contribution in [0.3, 0.4) is 0 Å². The van der Waals surface area contributed by atoms with E-state index in [2.05, 4.69) is 15.9 Å². The first kappa shape index (κ1) is 13.3. The third-order valence-corrected chi connectivity index (χ3v) is 4.84. The Morgan fingerprint density at radius 3 is 2.65 bits per heavy atom. The highest BCUT2D eigenvalue weighted by Crippen LogP contribution is 2.36. The van der Waals surface area contributed by atoms with Gasteiger partial charge in [0.25, 0.3) is 0 Å². The third kappa shape index (κ3) is 3.21. The van der Waals surface area contributed by atoms with Gasteiger partial charge in [-0.3, -0.25) is 0 Å². The van der Waals surface area contributed by atoms with Crippen LogP contribution in [0.2, 0.25) is 5.02 Å². The summed E-state index contributed by atoms with van der Waals surface area (Å²) in [4.78, 5) is 0. The predicted molar refractivity (Wildman–Crippen MR) is 71.4 cm³/mol. The topological polar surface area (TPSA) is 9.23 Å². The van der Waals surface area contributed by atoms with Crippen molar-refractivity contribution in [3.05, 3.63) is 34.6 Å². The number of benzene rings is 1. The maximum Gasteiger partial charge on any atom is 0.127 e. The van der Waals surface area contributed by atoms with E-state index in [1.54, 1.807) is 12.1 Å². The fourth-order valence-corrected chi connectivity index (χ4v) is 3.15. The van der Waals surface area contributed by atoms with Gasteiger partial charge >= 0.3 is 0 Å². The Kier molecular flexibility index (Phi) is 4.45. The smallest absolute Gasteiger partial charge is 0.127 e. The van der Waals surface area contributed by atoms with Gasteiger partial charge in [0.1, 0.15) is 5.82 Å². The first-order valence-electron chi connectivity index (χ1n) is 5.73. The second-order valence-corrected chi connectivity index (χ2v) is 5.66. The lowest BCUT2D eigenvalue weighted by Crippen LogP contribution is -2.33. The number of hydrogen-bond donors (Lipinski definition) is 0. The quantitative estimate of drug-likeness (QED) is 0.758. The summed E-state index contributed by atoms with van der Waals surface area (Å²) in [6, 6.07) is 4.93. The minimum atomic E-state index is -0.204. The van der Waals surface area contributed by atoms with Crippen molar-refractivity contribution in [2.45, 2.75) is 19.3 Å². The molecule has 0 N–H and O–H groups in total. The molecule has 4 heteroatoms. The van der Waals surface area contributed by atoms with Gasteiger partial charge in [-0.1, -0.05) is 33.6 Å². The first-order valence-corrected chi connectivity index (χ1v) is 7.23. The van der Waals surface area contributed by atoms with Gasteiger partial charge < -0.3 is 4.74 Å². The molecule has 0 atom stereocenters. The SMILES string of the molecule is Fc1cc(Cl)ccc1CC1(CBr)CCOCC1. The number of ether oxygens (including phenoxy) is 1. The highest BCUT2D eigenvalue weighted by atomic mass is 79.9. The molecule has 17 heavy (non-hydrogen) atoms. The first-order chi connectivity index (χ1) is 8.15. The fourth-order valence-electron chi connectivity index (χ4n) is 2.23. The Balaban J connectivity index is 2.17. The van der Waals surface area contributed by atoms with Gasteiger partial charge in [-0.25, -0.2) is 4.39 Å². The molecule has 0 bridgehead atoms. The van der Waals surface area contributed by atoms with Crippen molar-refractivity contribution in [2.24, 2.45) is 5.41 Å². The maximum absolute atomic E-state index is 13.8. The summed E-state index contributed by atoms with van der Waals surface area (Å²) in [7, 11) is 0. The summed E-state index contributed by atoms with van der Waals surface area (Å²) in [5.74, 6) is -0.204. The summed E-state index contributed by atoms with van der Waals surface area (Å²) in [5.41, 5.74) is 0.864. The predicted octanol–water partition coefficient (Wildman–Crippen LogP) is 4.21. The molecule has 1 fully saturated rings. The highest BCUT2D eigenvalue weighted by molar-refractivity contribution is 9.09. The number of halogens is 3. The Morgan fingerprint density at radius 1 is 1.35 bits per heavy atom. The third-order valence-electron chi connectivity index (χ3n) is 3.42. The summed E-state index contributed by atoms with van der Waals surface area (Å²) >= 11 is 9.32. The summed E-state index contributed by atoms with van der Waals surface area (Å²) in [6.07, 6.45) is 2.69. The fraction of sp³-hybridized carbons (Fsp3) is 0.538. The van der Waals surface area contributed by atoms with Crippen molar-refractivity contribution < 1.29 is 9.13 Å². The molecular weight excluding hydrogens is 306 g/mol. The molecule has 1 nitrogen and oxygen atoms in total. The molecule has 0 aliphatic carbocycles. The van der Waals surface area contributed by atoms with E-state index in [0.29, 0.717) is 5.02 Å². The zero-order chi connectivity index (χ0) is 12.3. The van der Waals surface area contributed by atoms with Crippen LogP contribution in [-0.2, 0) is 11.2 Å². The Labute approximate surface area is 114 Å². The van der Waals surface area contributed by atoms with Crippen LogP contribution in [0.15, 0.2) is 18.2 Å². The van der Waals surface area contributed by atoms with Crippen LogP contribution in [0.5, 0.6) is 0 Å². The monoisotopic (exact) mass is 320 g/mol. The van der Waals surface area contributed by atoms with Gasteiger partial charge in [0, 0.05) is 23.6 Å². The molecule has 1 heterocycles. The van der Waals surface area contributed by atoms with Gasteiger partial charge in [0.05, 0.1) is 0 Å². The number of rotatable bonds is 3. The molecule has 1 saturated heterocycles. The van der Waals surface area contributed by atoms with Crippen molar-refractivity contribution >= 4 is 27.5 Å². The molecule has 1 aromatic carbocycles. The molecule has 0 aromatic heterocycles. The van der Waals surface area contributed by atoms with Crippen LogP contribution in [0.4, 0.5) is 4.39 Å². The van der Waals surface area contributed by atoms with Crippen LogP contribution in [0.1, 0.15) is 18.4 Å². The van der Waals surface area contributed by atoms with E-state index in [0.717, 1.165) is 43.4 Å². The maximum atomic E-state index is 13.8. The molecule has 2 rings (SSSR count). The molecule has 1 aromatic rings. The van der Waals surface area contributed by atoms with E-state index >= 15 is 0 Å². The average Bonchev–Trinajstić information content (AvgIpc) is 2.34. The second kappa shape index (κ2) is 5.68. The minimum Gasteiger partial charge on any atom is -0.381 e. The van der Waals surface area contributed by atoms with Crippen molar-refractivity contribution in [1.82, 2.24) is 0 Å². The molecule has 0 unspecified atom stereocenters. The zero-order valence-electron chi connectivity index (χ0n) is 9.52. The van der Waals surface area contributed by atoms with E-state index in [1.807, 2.05) is 0 Å². The van der Waals surface area contributed by atoms with E-state index in [9.17, 15) is 4.39 Å². The summed E-state index contributed by atoms with van der Waals surface area (Å²) < 4.78 is 19.2. The lowest BCUT2D eigenvalue weighted by atomic mass is 9.77. The van der Waals surface area contributed by atoms with Crippen LogP contribution >= 0.6 is 27.5 Å². The van der Waals surface area contributed by atoms with Crippen LogP contribution < -0.4 is 0 Å². The van der Waals surface area contributed by atoms with Crippen molar-refractivity contribution in [2.75, 3.05) is 18.5 Å². The number of hydrogen-bond acceptors (Lipinski definition) is 1. The standard InChI is InChI=1S/C13H15BrClFO/c14-9-13(3-5-17-6-4-13)8-10-1-2-11(15)7-12(10)16/h1-2,7H,3-6,8-9H2. The second-order valence-electron chi connectivity index (χ2n) is 4.66. The van der Waals surface area contributed by atoms with Crippen LogP contribution in [0, 0.1) is 11.2 Å². The molecule has 0 amide bonds. The van der Waals surface area contributed by atoms with Gasteiger partial charge in [-0.15, -0.1) is 0 Å². The Bertz CT molecular complexity index is 391. The Hall–Kier alpha value is -0.120. The highest BCUT2D eigenvalue weighted by Gasteiger charge is 2.32.